The van der Waals surface area contributed by atoms with Gasteiger partial charge in [0, 0.05) is 42.7 Å². The van der Waals surface area contributed by atoms with Crippen molar-refractivity contribution in [2.45, 2.75) is 18.8 Å². The standard InChI is InChI=1S/C11H13F2IN2O/c1-15-7-8(14)6-9(15)10(17)16-4-2-11(12,13)3-5-16/h6-7H,2-5H2,1H3. The maximum atomic E-state index is 13.0. The second-order valence-electron chi connectivity index (χ2n) is 4.30. The Balaban J connectivity index is 2.09. The molecule has 1 aliphatic rings. The number of aryl methyl sites for hydroxylation is 1. The number of likely N-dealkylation sites (tertiary alicyclic amines) is 1. The molecule has 0 aliphatic carbocycles. The Labute approximate surface area is 112 Å². The first kappa shape index (κ1) is 12.8. The van der Waals surface area contributed by atoms with Gasteiger partial charge in [0.15, 0.2) is 0 Å². The first-order chi connectivity index (χ1) is 7.89. The van der Waals surface area contributed by atoms with Gasteiger partial charge in [-0.3, -0.25) is 4.79 Å². The number of amides is 1. The number of hydrogen-bond donors (Lipinski definition) is 0. The zero-order valence-corrected chi connectivity index (χ0v) is 11.6. The summed E-state index contributed by atoms with van der Waals surface area (Å²) in [4.78, 5) is 13.6. The molecule has 17 heavy (non-hydrogen) atoms. The van der Waals surface area contributed by atoms with E-state index >= 15 is 0 Å². The molecule has 0 unspecified atom stereocenters. The molecule has 0 spiro atoms. The summed E-state index contributed by atoms with van der Waals surface area (Å²) in [6, 6.07) is 1.77. The summed E-state index contributed by atoms with van der Waals surface area (Å²) in [7, 11) is 1.79. The predicted molar refractivity (Wildman–Crippen MR) is 68.2 cm³/mol. The number of aromatic nitrogens is 1. The molecule has 0 saturated carbocycles. The summed E-state index contributed by atoms with van der Waals surface area (Å²) >= 11 is 2.12. The molecule has 6 heteroatoms. The van der Waals surface area contributed by atoms with Gasteiger partial charge in [-0.1, -0.05) is 0 Å². The normalized spacial score (nSPS) is 19.4. The number of hydrogen-bond acceptors (Lipinski definition) is 1. The number of carbonyl (C=O) groups is 1. The lowest BCUT2D eigenvalue weighted by Gasteiger charge is -2.31. The highest BCUT2D eigenvalue weighted by Gasteiger charge is 2.36. The minimum Gasteiger partial charge on any atom is -0.346 e. The van der Waals surface area contributed by atoms with E-state index in [9.17, 15) is 13.6 Å². The fourth-order valence-corrected chi connectivity index (χ4v) is 2.65. The van der Waals surface area contributed by atoms with Crippen molar-refractivity contribution in [1.82, 2.24) is 9.47 Å². The minimum atomic E-state index is -2.61. The van der Waals surface area contributed by atoms with E-state index in [4.69, 9.17) is 0 Å². The van der Waals surface area contributed by atoms with Gasteiger partial charge in [-0.25, -0.2) is 8.78 Å². The quantitative estimate of drug-likeness (QED) is 0.712. The van der Waals surface area contributed by atoms with Crippen molar-refractivity contribution in [1.29, 1.82) is 0 Å². The molecule has 0 radical (unpaired) electrons. The van der Waals surface area contributed by atoms with Crippen LogP contribution in [0.15, 0.2) is 12.3 Å². The van der Waals surface area contributed by atoms with Crippen LogP contribution in [0.5, 0.6) is 0 Å². The van der Waals surface area contributed by atoms with Gasteiger partial charge in [-0.05, 0) is 28.7 Å². The molecular formula is C11H13F2IN2O. The fourth-order valence-electron chi connectivity index (χ4n) is 1.94. The van der Waals surface area contributed by atoms with E-state index in [1.807, 2.05) is 6.20 Å². The Bertz CT molecular complexity index is 435. The third kappa shape index (κ3) is 2.78. The molecule has 0 aromatic carbocycles. The molecule has 2 heterocycles. The average Bonchev–Trinajstić information content (AvgIpc) is 2.57. The zero-order valence-electron chi connectivity index (χ0n) is 9.42. The summed E-state index contributed by atoms with van der Waals surface area (Å²) in [6.07, 6.45) is 1.37. The lowest BCUT2D eigenvalue weighted by molar-refractivity contribution is -0.0495. The second-order valence-corrected chi connectivity index (χ2v) is 5.55. The molecule has 1 saturated heterocycles. The molecule has 0 atom stereocenters. The molecule has 3 nitrogen and oxygen atoms in total. The number of rotatable bonds is 1. The Morgan fingerprint density at radius 1 is 1.41 bits per heavy atom. The Kier molecular flexibility index (Phi) is 3.42. The monoisotopic (exact) mass is 354 g/mol. The topological polar surface area (TPSA) is 25.2 Å². The van der Waals surface area contributed by atoms with Gasteiger partial charge in [0.05, 0.1) is 0 Å². The van der Waals surface area contributed by atoms with E-state index in [0.29, 0.717) is 5.69 Å². The van der Waals surface area contributed by atoms with Gasteiger partial charge in [-0.2, -0.15) is 0 Å². The maximum absolute atomic E-state index is 13.0. The Morgan fingerprint density at radius 2 is 2.00 bits per heavy atom. The molecule has 94 valence electrons. The van der Waals surface area contributed by atoms with E-state index in [-0.39, 0.29) is 31.8 Å². The van der Waals surface area contributed by atoms with Crippen molar-refractivity contribution < 1.29 is 13.6 Å². The van der Waals surface area contributed by atoms with Gasteiger partial charge >= 0.3 is 0 Å². The zero-order chi connectivity index (χ0) is 12.6. The van der Waals surface area contributed by atoms with E-state index in [1.54, 1.807) is 17.7 Å². The Hall–Kier alpha value is -0.660. The highest BCUT2D eigenvalue weighted by molar-refractivity contribution is 14.1. The molecular weight excluding hydrogens is 341 g/mol. The summed E-state index contributed by atoms with van der Waals surface area (Å²) in [5, 5.41) is 0. The number of carbonyl (C=O) groups excluding carboxylic acids is 1. The summed E-state index contributed by atoms with van der Waals surface area (Å²) in [6.45, 7) is 0.265. The number of alkyl halides is 2. The molecule has 0 bridgehead atoms. The minimum absolute atomic E-state index is 0.133. The van der Waals surface area contributed by atoms with E-state index < -0.39 is 5.92 Å². The summed E-state index contributed by atoms with van der Waals surface area (Å²) in [5.74, 6) is -2.77. The lowest BCUT2D eigenvalue weighted by atomic mass is 10.1. The average molecular weight is 354 g/mol. The molecule has 1 aromatic heterocycles. The van der Waals surface area contributed by atoms with Crippen LogP contribution in [0.4, 0.5) is 8.78 Å². The van der Waals surface area contributed by atoms with Gasteiger partial charge in [0.1, 0.15) is 5.69 Å². The summed E-state index contributed by atoms with van der Waals surface area (Å²) < 4.78 is 28.7. The second kappa shape index (κ2) is 4.55. The fraction of sp³-hybridized carbons (Fsp3) is 0.545. The van der Waals surface area contributed by atoms with Gasteiger partial charge in [-0.15, -0.1) is 0 Å². The molecule has 1 aromatic rings. The predicted octanol–water partition coefficient (Wildman–Crippen LogP) is 2.50. The van der Waals surface area contributed by atoms with E-state index in [1.165, 1.54) is 4.90 Å². The van der Waals surface area contributed by atoms with Crippen molar-refractivity contribution in [3.05, 3.63) is 21.5 Å². The van der Waals surface area contributed by atoms with Crippen LogP contribution in [0.2, 0.25) is 0 Å². The maximum Gasteiger partial charge on any atom is 0.270 e. The number of halogens is 3. The van der Waals surface area contributed by atoms with Crippen molar-refractivity contribution in [3.8, 4) is 0 Å². The first-order valence-corrected chi connectivity index (χ1v) is 6.46. The highest BCUT2D eigenvalue weighted by Crippen LogP contribution is 2.28. The van der Waals surface area contributed by atoms with Crippen molar-refractivity contribution in [2.75, 3.05) is 13.1 Å². The summed E-state index contributed by atoms with van der Waals surface area (Å²) in [5.41, 5.74) is 0.555. The van der Waals surface area contributed by atoms with Gasteiger partial charge < -0.3 is 9.47 Å². The van der Waals surface area contributed by atoms with Crippen LogP contribution in [0.3, 0.4) is 0 Å². The smallest absolute Gasteiger partial charge is 0.270 e. The lowest BCUT2D eigenvalue weighted by Crippen LogP contribution is -2.43. The van der Waals surface area contributed by atoms with Crippen LogP contribution in [-0.4, -0.2) is 34.4 Å². The van der Waals surface area contributed by atoms with Gasteiger partial charge in [0.25, 0.3) is 11.8 Å². The van der Waals surface area contributed by atoms with E-state index in [2.05, 4.69) is 22.6 Å². The van der Waals surface area contributed by atoms with Crippen LogP contribution < -0.4 is 0 Å². The molecule has 2 rings (SSSR count). The van der Waals surface area contributed by atoms with Crippen LogP contribution in [0.1, 0.15) is 23.3 Å². The SMILES string of the molecule is Cn1cc(I)cc1C(=O)N1CCC(F)(F)CC1. The van der Waals surface area contributed by atoms with Crippen molar-refractivity contribution in [2.24, 2.45) is 7.05 Å². The van der Waals surface area contributed by atoms with Crippen LogP contribution in [0.25, 0.3) is 0 Å². The third-order valence-corrected chi connectivity index (χ3v) is 3.56. The number of nitrogens with zero attached hydrogens (tertiary/aromatic N) is 2. The first-order valence-electron chi connectivity index (χ1n) is 5.38. The molecule has 1 aliphatic heterocycles. The van der Waals surface area contributed by atoms with Crippen LogP contribution >= 0.6 is 22.6 Å². The molecule has 0 N–H and O–H groups in total. The largest absolute Gasteiger partial charge is 0.346 e. The number of piperidine rings is 1. The van der Waals surface area contributed by atoms with Crippen LogP contribution in [-0.2, 0) is 7.05 Å². The highest BCUT2D eigenvalue weighted by atomic mass is 127. The third-order valence-electron chi connectivity index (χ3n) is 2.97. The molecule has 1 fully saturated rings. The van der Waals surface area contributed by atoms with Crippen molar-refractivity contribution in [3.63, 3.8) is 0 Å². The van der Waals surface area contributed by atoms with E-state index in [0.717, 1.165) is 3.57 Å². The van der Waals surface area contributed by atoms with Crippen molar-refractivity contribution >= 4 is 28.5 Å². The Morgan fingerprint density at radius 3 is 2.47 bits per heavy atom. The van der Waals surface area contributed by atoms with Crippen LogP contribution in [0, 0.1) is 3.57 Å². The molecule has 1 amide bonds. The van der Waals surface area contributed by atoms with Gasteiger partial charge in [0.2, 0.25) is 0 Å².